The van der Waals surface area contributed by atoms with Crippen molar-refractivity contribution >= 4 is 33.2 Å². The first kappa shape index (κ1) is 6.37. The highest BCUT2D eigenvalue weighted by molar-refractivity contribution is 9.10. The van der Waals surface area contributed by atoms with E-state index < -0.39 is 0 Å². The summed E-state index contributed by atoms with van der Waals surface area (Å²) in [6, 6.07) is 0. The third-order valence-electron chi connectivity index (χ3n) is 1.47. The van der Waals surface area contributed by atoms with Gasteiger partial charge < -0.3 is 5.32 Å². The van der Waals surface area contributed by atoms with E-state index in [2.05, 4.69) is 21.2 Å². The summed E-state index contributed by atoms with van der Waals surface area (Å²) in [5, 5.41) is 4.70. The van der Waals surface area contributed by atoms with Crippen molar-refractivity contribution in [1.29, 1.82) is 0 Å². The Morgan fingerprint density at radius 3 is 3.20 bits per heavy atom. The lowest BCUT2D eigenvalue weighted by Crippen LogP contribution is -2.12. The summed E-state index contributed by atoms with van der Waals surface area (Å²) in [5.41, 5.74) is 1.11. The van der Waals surface area contributed by atoms with Crippen LogP contribution in [0.5, 0.6) is 0 Å². The van der Waals surface area contributed by atoms with Crippen LogP contribution >= 0.6 is 27.3 Å². The lowest BCUT2D eigenvalue weighted by Gasteiger charge is -1.87. The minimum absolute atomic E-state index is 0.0608. The molecule has 2 heterocycles. The summed E-state index contributed by atoms with van der Waals surface area (Å²) in [7, 11) is 0. The Labute approximate surface area is 70.4 Å². The second-order valence-electron chi connectivity index (χ2n) is 2.07. The molecule has 0 aliphatic carbocycles. The van der Waals surface area contributed by atoms with Crippen molar-refractivity contribution < 1.29 is 4.79 Å². The third kappa shape index (κ3) is 0.722. The van der Waals surface area contributed by atoms with E-state index in [0.29, 0.717) is 6.54 Å². The van der Waals surface area contributed by atoms with Crippen molar-refractivity contribution in [3.8, 4) is 0 Å². The lowest BCUT2D eigenvalue weighted by atomic mass is 10.3. The summed E-state index contributed by atoms with van der Waals surface area (Å²) >= 11 is 4.85. The van der Waals surface area contributed by atoms with E-state index in [9.17, 15) is 4.79 Å². The molecule has 0 radical (unpaired) electrons. The van der Waals surface area contributed by atoms with Crippen molar-refractivity contribution in [2.24, 2.45) is 0 Å². The number of carbonyl (C=O) groups excluding carboxylic acids is 1. The minimum atomic E-state index is 0.0608. The summed E-state index contributed by atoms with van der Waals surface area (Å²) in [6.07, 6.45) is 0. The van der Waals surface area contributed by atoms with Gasteiger partial charge in [-0.1, -0.05) is 0 Å². The standard InChI is InChI=1S/C6H4BrNOS/c7-4-2-10-5-3(4)1-8-6(5)9/h2H,1H2,(H,8,9). The molecule has 0 saturated heterocycles. The second kappa shape index (κ2) is 2.07. The maximum Gasteiger partial charge on any atom is 0.262 e. The van der Waals surface area contributed by atoms with Gasteiger partial charge in [0.2, 0.25) is 0 Å². The average molecular weight is 218 g/mol. The van der Waals surface area contributed by atoms with Crippen LogP contribution in [-0.4, -0.2) is 5.91 Å². The maximum atomic E-state index is 11.0. The van der Waals surface area contributed by atoms with Crippen molar-refractivity contribution in [1.82, 2.24) is 5.32 Å². The Hall–Kier alpha value is -0.350. The van der Waals surface area contributed by atoms with Gasteiger partial charge in [0, 0.05) is 22.0 Å². The van der Waals surface area contributed by atoms with E-state index >= 15 is 0 Å². The Balaban J connectivity index is 2.63. The van der Waals surface area contributed by atoms with Gasteiger partial charge in [-0.15, -0.1) is 11.3 Å². The van der Waals surface area contributed by atoms with E-state index in [4.69, 9.17) is 0 Å². The second-order valence-corrected chi connectivity index (χ2v) is 3.81. The van der Waals surface area contributed by atoms with Gasteiger partial charge in [-0.05, 0) is 15.9 Å². The highest BCUT2D eigenvalue weighted by Crippen LogP contribution is 2.30. The van der Waals surface area contributed by atoms with Gasteiger partial charge in [0.05, 0.1) is 4.88 Å². The number of thiophene rings is 1. The SMILES string of the molecule is O=C1NCc2c(Br)csc21. The van der Waals surface area contributed by atoms with Gasteiger partial charge >= 0.3 is 0 Å². The number of rotatable bonds is 0. The van der Waals surface area contributed by atoms with E-state index in [1.54, 1.807) is 0 Å². The molecule has 10 heavy (non-hydrogen) atoms. The van der Waals surface area contributed by atoms with Crippen LogP contribution in [0.1, 0.15) is 15.2 Å². The molecule has 1 aromatic rings. The van der Waals surface area contributed by atoms with E-state index in [-0.39, 0.29) is 5.91 Å². The molecular weight excluding hydrogens is 214 g/mol. The zero-order chi connectivity index (χ0) is 7.14. The Morgan fingerprint density at radius 2 is 2.50 bits per heavy atom. The number of carbonyl (C=O) groups is 1. The first-order chi connectivity index (χ1) is 4.79. The summed E-state index contributed by atoms with van der Waals surface area (Å²) in [6.45, 7) is 0.679. The van der Waals surface area contributed by atoms with Gasteiger partial charge in [0.15, 0.2) is 0 Å². The first-order valence-electron chi connectivity index (χ1n) is 2.83. The molecule has 1 aliphatic rings. The van der Waals surface area contributed by atoms with E-state index in [1.807, 2.05) is 5.38 Å². The van der Waals surface area contributed by atoms with E-state index in [0.717, 1.165) is 14.9 Å². The molecule has 4 heteroatoms. The molecule has 0 atom stereocenters. The number of hydrogen-bond donors (Lipinski definition) is 1. The lowest BCUT2D eigenvalue weighted by molar-refractivity contribution is 0.0969. The highest BCUT2D eigenvalue weighted by Gasteiger charge is 2.22. The predicted molar refractivity (Wildman–Crippen MR) is 43.2 cm³/mol. The molecule has 0 saturated carbocycles. The van der Waals surface area contributed by atoms with Crippen LogP contribution < -0.4 is 5.32 Å². The molecule has 52 valence electrons. The Bertz CT molecular complexity index is 294. The monoisotopic (exact) mass is 217 g/mol. The molecule has 0 bridgehead atoms. The normalized spacial score (nSPS) is 15.1. The smallest absolute Gasteiger partial charge is 0.262 e. The quantitative estimate of drug-likeness (QED) is 0.706. The maximum absolute atomic E-state index is 11.0. The molecule has 1 aliphatic heterocycles. The van der Waals surface area contributed by atoms with Crippen LogP contribution in [0.2, 0.25) is 0 Å². The van der Waals surface area contributed by atoms with Crippen LogP contribution in [0, 0.1) is 0 Å². The molecule has 2 rings (SSSR count). The van der Waals surface area contributed by atoms with Crippen LogP contribution in [0.15, 0.2) is 9.85 Å². The van der Waals surface area contributed by atoms with Crippen molar-refractivity contribution in [2.75, 3.05) is 0 Å². The molecule has 0 unspecified atom stereocenters. The molecule has 1 N–H and O–H groups in total. The number of halogens is 1. The fraction of sp³-hybridized carbons (Fsp3) is 0.167. The fourth-order valence-corrected chi connectivity index (χ4v) is 2.58. The largest absolute Gasteiger partial charge is 0.347 e. The number of hydrogen-bond acceptors (Lipinski definition) is 2. The highest BCUT2D eigenvalue weighted by atomic mass is 79.9. The van der Waals surface area contributed by atoms with Crippen molar-refractivity contribution in [2.45, 2.75) is 6.54 Å². The fourth-order valence-electron chi connectivity index (χ4n) is 0.966. The number of fused-ring (bicyclic) bond motifs is 1. The molecular formula is C6H4BrNOS. The first-order valence-corrected chi connectivity index (χ1v) is 4.50. The summed E-state index contributed by atoms with van der Waals surface area (Å²) in [5.74, 6) is 0.0608. The van der Waals surface area contributed by atoms with Crippen LogP contribution in [-0.2, 0) is 6.54 Å². The summed E-state index contributed by atoms with van der Waals surface area (Å²) < 4.78 is 1.05. The van der Waals surface area contributed by atoms with E-state index in [1.165, 1.54) is 11.3 Å². The van der Waals surface area contributed by atoms with Crippen LogP contribution in [0.25, 0.3) is 0 Å². The minimum Gasteiger partial charge on any atom is -0.347 e. The zero-order valence-electron chi connectivity index (χ0n) is 4.98. The van der Waals surface area contributed by atoms with Crippen LogP contribution in [0.3, 0.4) is 0 Å². The molecule has 0 aromatic carbocycles. The molecule has 0 spiro atoms. The topological polar surface area (TPSA) is 29.1 Å². The molecule has 2 nitrogen and oxygen atoms in total. The summed E-state index contributed by atoms with van der Waals surface area (Å²) in [4.78, 5) is 11.8. The Kier molecular flexibility index (Phi) is 1.32. The number of amides is 1. The van der Waals surface area contributed by atoms with Crippen molar-refractivity contribution in [3.63, 3.8) is 0 Å². The van der Waals surface area contributed by atoms with Gasteiger partial charge in [0.1, 0.15) is 0 Å². The average Bonchev–Trinajstić information content (AvgIpc) is 2.41. The Morgan fingerprint density at radius 1 is 1.70 bits per heavy atom. The van der Waals surface area contributed by atoms with Gasteiger partial charge in [-0.3, -0.25) is 4.79 Å². The van der Waals surface area contributed by atoms with Gasteiger partial charge in [0.25, 0.3) is 5.91 Å². The molecule has 1 aromatic heterocycles. The zero-order valence-corrected chi connectivity index (χ0v) is 7.38. The molecule has 1 amide bonds. The molecule has 0 fully saturated rings. The van der Waals surface area contributed by atoms with Gasteiger partial charge in [-0.2, -0.15) is 0 Å². The third-order valence-corrected chi connectivity index (χ3v) is 3.51. The number of nitrogens with one attached hydrogen (secondary N) is 1. The van der Waals surface area contributed by atoms with Gasteiger partial charge in [-0.25, -0.2) is 0 Å². The van der Waals surface area contributed by atoms with Crippen LogP contribution in [0.4, 0.5) is 0 Å². The van der Waals surface area contributed by atoms with Crippen molar-refractivity contribution in [3.05, 3.63) is 20.3 Å². The predicted octanol–water partition coefficient (Wildman–Crippen LogP) is 1.75.